The van der Waals surface area contributed by atoms with E-state index < -0.39 is 19.2 Å². The predicted molar refractivity (Wildman–Crippen MR) is 139 cm³/mol. The highest BCUT2D eigenvalue weighted by Crippen LogP contribution is 2.53. The second-order valence-electron chi connectivity index (χ2n) is 11.2. The Morgan fingerprint density at radius 1 is 0.811 bits per heavy atom. The molecule has 0 heterocycles. The summed E-state index contributed by atoms with van der Waals surface area (Å²) >= 11 is 0. The van der Waals surface area contributed by atoms with Crippen molar-refractivity contribution in [1.82, 2.24) is 0 Å². The molecule has 0 radical (unpaired) electrons. The molecule has 214 valence electrons. The molecule has 3 fully saturated rings. The second-order valence-corrected chi connectivity index (χ2v) is 11.2. The zero-order chi connectivity index (χ0) is 27.5. The highest BCUT2D eigenvalue weighted by molar-refractivity contribution is 5.83. The first-order chi connectivity index (χ1) is 18.4. The molecule has 0 saturated heterocycles. The van der Waals surface area contributed by atoms with E-state index in [-0.39, 0.29) is 36.9 Å². The quantitative estimate of drug-likeness (QED) is 0.334. The van der Waals surface area contributed by atoms with Gasteiger partial charge in [-0.2, -0.15) is 0 Å². The van der Waals surface area contributed by atoms with Crippen LogP contribution in [0.15, 0.2) is 0 Å². The fourth-order valence-corrected chi connectivity index (χ4v) is 7.42. The van der Waals surface area contributed by atoms with E-state index >= 15 is 0 Å². The first kappa shape index (κ1) is 28.9. The number of aliphatic hydroxyl groups excluding tert-OH is 1. The van der Waals surface area contributed by atoms with E-state index in [4.69, 9.17) is 30.2 Å². The Hall–Kier alpha value is -1.06. The number of ether oxygens (including phenoxy) is 5. The van der Waals surface area contributed by atoms with Crippen LogP contribution in [0.5, 0.6) is 0 Å². The minimum Gasteiger partial charge on any atom is -0.463 e. The summed E-state index contributed by atoms with van der Waals surface area (Å²) in [5.74, 6) is 0.542. The Labute approximate surface area is 224 Å². The fraction of sp³-hybridized carbons (Fsp3) is 0.931. The number of ketones is 1. The number of Topliss-reactive ketones (excluding diaryl/α,β-unsaturated/α-hetero) is 1. The van der Waals surface area contributed by atoms with Crippen molar-refractivity contribution in [2.45, 2.75) is 114 Å². The summed E-state index contributed by atoms with van der Waals surface area (Å²) in [6.07, 6.45) is 13.3. The van der Waals surface area contributed by atoms with Gasteiger partial charge in [-0.1, -0.05) is 6.42 Å². The molecule has 3 aliphatic rings. The van der Waals surface area contributed by atoms with Gasteiger partial charge in [-0.15, -0.1) is 0 Å². The lowest BCUT2D eigenvalue weighted by Gasteiger charge is -2.55. The van der Waals surface area contributed by atoms with E-state index in [1.54, 1.807) is 0 Å². The van der Waals surface area contributed by atoms with Crippen LogP contribution in [0.2, 0.25) is 0 Å². The minimum absolute atomic E-state index is 0.00295. The SMILES string of the molecule is [3H]C(CO)OC(=O)CCC(=O)COC1CCCC(C(OC)(C2CCC(OC)CC2)C2CCC(OC)CC2)C1. The predicted octanol–water partition coefficient (Wildman–Crippen LogP) is 4.24. The van der Waals surface area contributed by atoms with Crippen molar-refractivity contribution in [3.8, 4) is 0 Å². The molecule has 8 nitrogen and oxygen atoms in total. The third-order valence-corrected chi connectivity index (χ3v) is 9.29. The topological polar surface area (TPSA) is 101 Å². The van der Waals surface area contributed by atoms with E-state index in [0.29, 0.717) is 30.0 Å². The summed E-state index contributed by atoms with van der Waals surface area (Å²) < 4.78 is 36.2. The summed E-state index contributed by atoms with van der Waals surface area (Å²) in [6, 6.07) is 0. The number of hydrogen-bond acceptors (Lipinski definition) is 8. The molecule has 3 aliphatic carbocycles. The summed E-state index contributed by atoms with van der Waals surface area (Å²) in [6.45, 7) is -1.88. The molecule has 0 aliphatic heterocycles. The number of methoxy groups -OCH3 is 3. The average molecular weight is 529 g/mol. The smallest absolute Gasteiger partial charge is 0.306 e. The van der Waals surface area contributed by atoms with Crippen molar-refractivity contribution in [2.24, 2.45) is 17.8 Å². The van der Waals surface area contributed by atoms with Crippen molar-refractivity contribution in [1.29, 1.82) is 0 Å². The van der Waals surface area contributed by atoms with E-state index in [2.05, 4.69) is 0 Å². The molecule has 0 aromatic rings. The summed E-state index contributed by atoms with van der Waals surface area (Å²) in [5.41, 5.74) is -0.202. The van der Waals surface area contributed by atoms with Crippen LogP contribution in [0, 0.1) is 17.8 Å². The Balaban J connectivity index is 1.62. The maximum Gasteiger partial charge on any atom is 0.306 e. The van der Waals surface area contributed by atoms with Crippen molar-refractivity contribution in [3.05, 3.63) is 0 Å². The summed E-state index contributed by atoms with van der Waals surface area (Å²) in [4.78, 5) is 24.1. The van der Waals surface area contributed by atoms with Crippen LogP contribution >= 0.6 is 0 Å². The molecule has 37 heavy (non-hydrogen) atoms. The largest absolute Gasteiger partial charge is 0.463 e. The van der Waals surface area contributed by atoms with Crippen molar-refractivity contribution in [2.75, 3.05) is 41.1 Å². The third kappa shape index (κ3) is 8.21. The number of hydrogen-bond donors (Lipinski definition) is 1. The van der Waals surface area contributed by atoms with Crippen LogP contribution in [0.4, 0.5) is 0 Å². The monoisotopic (exact) mass is 528 g/mol. The van der Waals surface area contributed by atoms with Crippen LogP contribution in [0.1, 0.15) is 91.3 Å². The standard InChI is InChI=1S/C29H50O8/c1-33-25-12-7-21(8-13-25)29(35-3,22-9-14-26(34-2)15-10-22)23-5-4-6-27(19-23)37-20-24(31)11-16-28(32)36-18-17-30/h21-23,25-27,30H,4-20H2,1-3H3/i18T. The Kier molecular flexibility index (Phi) is 12.1. The van der Waals surface area contributed by atoms with Gasteiger partial charge in [0.15, 0.2) is 5.78 Å². The third-order valence-electron chi connectivity index (χ3n) is 9.29. The first-order valence-corrected chi connectivity index (χ1v) is 14.3. The molecular weight excluding hydrogens is 476 g/mol. The zero-order valence-electron chi connectivity index (χ0n) is 24.2. The van der Waals surface area contributed by atoms with E-state index in [1.165, 1.54) is 0 Å². The molecule has 0 spiro atoms. The van der Waals surface area contributed by atoms with Gasteiger partial charge in [0.25, 0.3) is 0 Å². The molecule has 3 rings (SSSR count). The number of rotatable bonds is 14. The molecule has 3 atom stereocenters. The number of carbonyl (C=O) groups is 2. The Morgan fingerprint density at radius 2 is 1.41 bits per heavy atom. The van der Waals surface area contributed by atoms with Crippen LogP contribution in [0.25, 0.3) is 0 Å². The number of aliphatic hydroxyl groups is 1. The average Bonchev–Trinajstić information content (AvgIpc) is 2.96. The van der Waals surface area contributed by atoms with Crippen LogP contribution in [-0.4, -0.2) is 81.9 Å². The van der Waals surface area contributed by atoms with Gasteiger partial charge in [0.1, 0.15) is 13.2 Å². The molecule has 3 saturated carbocycles. The molecule has 8 heteroatoms. The highest BCUT2D eigenvalue weighted by atomic mass is 16.5. The van der Waals surface area contributed by atoms with Gasteiger partial charge in [-0.25, -0.2) is 0 Å². The molecule has 1 N–H and O–H groups in total. The van der Waals surface area contributed by atoms with Gasteiger partial charge >= 0.3 is 5.97 Å². The van der Waals surface area contributed by atoms with Gasteiger partial charge in [-0.3, -0.25) is 9.59 Å². The number of carbonyl (C=O) groups excluding carboxylic acids is 2. The van der Waals surface area contributed by atoms with Gasteiger partial charge in [0.05, 0.1) is 38.3 Å². The first-order valence-electron chi connectivity index (χ1n) is 14.9. The van der Waals surface area contributed by atoms with E-state index in [9.17, 15) is 9.59 Å². The molecule has 0 aromatic heterocycles. The van der Waals surface area contributed by atoms with Crippen LogP contribution < -0.4 is 0 Å². The maximum absolute atomic E-state index is 12.4. The normalized spacial score (nSPS) is 33.7. The van der Waals surface area contributed by atoms with E-state index in [1.807, 2.05) is 21.3 Å². The maximum atomic E-state index is 12.4. The Morgan fingerprint density at radius 3 is 1.92 bits per heavy atom. The molecule has 3 unspecified atom stereocenters. The lowest BCUT2D eigenvalue weighted by Crippen LogP contribution is -2.56. The minimum atomic E-state index is -1.30. The van der Waals surface area contributed by atoms with Crippen LogP contribution in [-0.2, 0) is 33.3 Å². The second kappa shape index (κ2) is 15.5. The van der Waals surface area contributed by atoms with Crippen molar-refractivity contribution in [3.63, 3.8) is 0 Å². The molecule has 0 amide bonds. The fourth-order valence-electron chi connectivity index (χ4n) is 7.42. The molecule has 0 aromatic carbocycles. The van der Waals surface area contributed by atoms with Gasteiger partial charge < -0.3 is 28.8 Å². The lowest BCUT2D eigenvalue weighted by molar-refractivity contribution is -0.184. The van der Waals surface area contributed by atoms with Gasteiger partial charge in [0.2, 0.25) is 0 Å². The van der Waals surface area contributed by atoms with Crippen LogP contribution in [0.3, 0.4) is 0 Å². The molecule has 0 bridgehead atoms. The van der Waals surface area contributed by atoms with Gasteiger partial charge in [0, 0.05) is 27.8 Å². The van der Waals surface area contributed by atoms with E-state index in [0.717, 1.165) is 77.0 Å². The lowest BCUT2D eigenvalue weighted by atomic mass is 9.58. The zero-order valence-corrected chi connectivity index (χ0v) is 23.2. The van der Waals surface area contributed by atoms with Crippen molar-refractivity contribution < 1.29 is 39.8 Å². The summed E-state index contributed by atoms with van der Waals surface area (Å²) in [5, 5.41) is 8.83. The number of esters is 1. The highest BCUT2D eigenvalue weighted by Gasteiger charge is 2.53. The molecular formula is C29H50O8. The van der Waals surface area contributed by atoms with Gasteiger partial charge in [-0.05, 0) is 88.4 Å². The summed E-state index contributed by atoms with van der Waals surface area (Å²) in [7, 11) is 5.54. The van der Waals surface area contributed by atoms with Crippen molar-refractivity contribution >= 4 is 11.8 Å². The Bertz CT molecular complexity index is 693.